The molecule has 0 bridgehead atoms. The molecular formula is C19H17F3N6O2S. The second-order valence-electron chi connectivity index (χ2n) is 6.76. The van der Waals surface area contributed by atoms with E-state index in [0.717, 1.165) is 34.1 Å². The molecule has 0 radical (unpaired) electrons. The van der Waals surface area contributed by atoms with Gasteiger partial charge in [-0.05, 0) is 24.1 Å². The monoisotopic (exact) mass is 450 g/mol. The first-order valence-electron chi connectivity index (χ1n) is 9.16. The second-order valence-corrected chi connectivity index (χ2v) is 8.45. The van der Waals surface area contributed by atoms with Crippen LogP contribution in [0.4, 0.5) is 18.9 Å². The van der Waals surface area contributed by atoms with Crippen molar-refractivity contribution in [3.63, 3.8) is 0 Å². The molecule has 0 saturated heterocycles. The van der Waals surface area contributed by atoms with Crippen LogP contribution >= 0.6 is 0 Å². The molecule has 0 aliphatic carbocycles. The van der Waals surface area contributed by atoms with Crippen LogP contribution in [0.3, 0.4) is 0 Å². The van der Waals surface area contributed by atoms with Crippen molar-refractivity contribution < 1.29 is 21.6 Å². The van der Waals surface area contributed by atoms with Crippen LogP contribution in [0.15, 0.2) is 53.8 Å². The Labute approximate surface area is 175 Å². The molecule has 0 spiro atoms. The lowest BCUT2D eigenvalue weighted by atomic mass is 10.1. The lowest BCUT2D eigenvalue weighted by Gasteiger charge is -2.13. The SMILES string of the molecule is CCc1ccc2cnn(C)c2c1NS(=O)(=O)c1cnn(-c2cccc(C(F)(F)F)n2)c1. The number of hydrogen-bond donors (Lipinski definition) is 1. The van der Waals surface area contributed by atoms with Crippen LogP contribution in [-0.4, -0.2) is 33.0 Å². The summed E-state index contributed by atoms with van der Waals surface area (Å²) < 4.78 is 69.9. The number of nitrogens with zero attached hydrogens (tertiary/aromatic N) is 5. The molecule has 8 nitrogen and oxygen atoms in total. The first kappa shape index (κ1) is 20.8. The van der Waals surface area contributed by atoms with E-state index in [-0.39, 0.29) is 10.7 Å². The van der Waals surface area contributed by atoms with Crippen molar-refractivity contribution in [2.75, 3.05) is 4.72 Å². The molecule has 0 aliphatic heterocycles. The first-order chi connectivity index (χ1) is 14.6. The summed E-state index contributed by atoms with van der Waals surface area (Å²) in [5.74, 6) is -0.153. The Morgan fingerprint density at radius 1 is 1.10 bits per heavy atom. The van der Waals surface area contributed by atoms with Gasteiger partial charge in [-0.15, -0.1) is 0 Å². The van der Waals surface area contributed by atoms with Gasteiger partial charge in [0.2, 0.25) is 0 Å². The van der Waals surface area contributed by atoms with Crippen molar-refractivity contribution in [1.82, 2.24) is 24.5 Å². The topological polar surface area (TPSA) is 94.7 Å². The van der Waals surface area contributed by atoms with Gasteiger partial charge in [-0.3, -0.25) is 9.40 Å². The van der Waals surface area contributed by atoms with E-state index in [0.29, 0.717) is 17.6 Å². The van der Waals surface area contributed by atoms with Crippen LogP contribution in [0.2, 0.25) is 0 Å². The summed E-state index contributed by atoms with van der Waals surface area (Å²) in [5.41, 5.74) is 0.685. The van der Waals surface area contributed by atoms with Crippen molar-refractivity contribution in [3.05, 3.63) is 60.2 Å². The Bertz CT molecular complexity index is 1380. The normalized spacial score (nSPS) is 12.4. The highest BCUT2D eigenvalue weighted by Crippen LogP contribution is 2.30. The summed E-state index contributed by atoms with van der Waals surface area (Å²) in [7, 11) is -2.38. The van der Waals surface area contributed by atoms with E-state index in [4.69, 9.17) is 0 Å². The molecule has 31 heavy (non-hydrogen) atoms. The molecular weight excluding hydrogens is 433 g/mol. The molecule has 3 aromatic heterocycles. The number of hydrogen-bond acceptors (Lipinski definition) is 5. The highest BCUT2D eigenvalue weighted by molar-refractivity contribution is 7.92. The van der Waals surface area contributed by atoms with Gasteiger partial charge in [0, 0.05) is 12.4 Å². The quantitative estimate of drug-likeness (QED) is 0.502. The molecule has 0 atom stereocenters. The van der Waals surface area contributed by atoms with E-state index in [9.17, 15) is 21.6 Å². The van der Waals surface area contributed by atoms with Crippen molar-refractivity contribution >= 4 is 26.6 Å². The Morgan fingerprint density at radius 3 is 2.58 bits per heavy atom. The summed E-state index contributed by atoms with van der Waals surface area (Å²) in [6.45, 7) is 1.90. The van der Waals surface area contributed by atoms with Gasteiger partial charge in [0.25, 0.3) is 10.0 Å². The van der Waals surface area contributed by atoms with Crippen molar-refractivity contribution in [2.24, 2.45) is 7.05 Å². The average molecular weight is 450 g/mol. The zero-order valence-electron chi connectivity index (χ0n) is 16.4. The van der Waals surface area contributed by atoms with E-state index < -0.39 is 21.9 Å². The zero-order chi connectivity index (χ0) is 22.4. The third-order valence-corrected chi connectivity index (χ3v) is 6.04. The maximum absolute atomic E-state index is 13.0. The van der Waals surface area contributed by atoms with Crippen molar-refractivity contribution in [2.45, 2.75) is 24.4 Å². The molecule has 4 rings (SSSR count). The summed E-state index contributed by atoms with van der Waals surface area (Å²) in [6, 6.07) is 6.98. The van der Waals surface area contributed by atoms with Gasteiger partial charge in [0.15, 0.2) is 5.82 Å². The smallest absolute Gasteiger partial charge is 0.277 e. The predicted octanol–water partition coefficient (Wildman–Crippen LogP) is 3.54. The highest BCUT2D eigenvalue weighted by atomic mass is 32.2. The first-order valence-corrected chi connectivity index (χ1v) is 10.6. The number of benzene rings is 1. The lowest BCUT2D eigenvalue weighted by molar-refractivity contribution is -0.141. The maximum Gasteiger partial charge on any atom is 0.433 e. The molecule has 0 unspecified atom stereocenters. The fourth-order valence-electron chi connectivity index (χ4n) is 3.19. The second kappa shape index (κ2) is 7.38. The van der Waals surface area contributed by atoms with E-state index in [1.807, 2.05) is 19.1 Å². The van der Waals surface area contributed by atoms with Gasteiger partial charge < -0.3 is 0 Å². The molecule has 1 aromatic carbocycles. The minimum atomic E-state index is -4.63. The van der Waals surface area contributed by atoms with Gasteiger partial charge in [-0.2, -0.15) is 23.4 Å². The van der Waals surface area contributed by atoms with Crippen LogP contribution in [0.5, 0.6) is 0 Å². The number of sulfonamides is 1. The molecule has 12 heteroatoms. The van der Waals surface area contributed by atoms with Crippen LogP contribution in [0.25, 0.3) is 16.7 Å². The van der Waals surface area contributed by atoms with Crippen LogP contribution in [-0.2, 0) is 29.7 Å². The Balaban J connectivity index is 1.72. The third-order valence-electron chi connectivity index (χ3n) is 4.74. The van der Waals surface area contributed by atoms with E-state index in [1.165, 1.54) is 12.1 Å². The predicted molar refractivity (Wildman–Crippen MR) is 107 cm³/mol. The minimum Gasteiger partial charge on any atom is -0.277 e. The number of aromatic nitrogens is 5. The number of fused-ring (bicyclic) bond motifs is 1. The number of nitrogens with one attached hydrogen (secondary N) is 1. The maximum atomic E-state index is 13.0. The number of rotatable bonds is 5. The molecule has 0 saturated carbocycles. The van der Waals surface area contributed by atoms with Gasteiger partial charge in [0.05, 0.1) is 29.8 Å². The molecule has 4 aromatic rings. The number of pyridine rings is 1. The van der Waals surface area contributed by atoms with Gasteiger partial charge in [0.1, 0.15) is 10.6 Å². The molecule has 0 aliphatic rings. The summed E-state index contributed by atoms with van der Waals surface area (Å²) >= 11 is 0. The third kappa shape index (κ3) is 3.85. The highest BCUT2D eigenvalue weighted by Gasteiger charge is 2.32. The Morgan fingerprint density at radius 2 is 1.87 bits per heavy atom. The number of alkyl halides is 3. The molecule has 162 valence electrons. The van der Waals surface area contributed by atoms with E-state index >= 15 is 0 Å². The number of halogens is 3. The van der Waals surface area contributed by atoms with E-state index in [2.05, 4.69) is 19.9 Å². The van der Waals surface area contributed by atoms with Crippen LogP contribution < -0.4 is 4.72 Å². The fourth-order valence-corrected chi connectivity index (χ4v) is 4.23. The molecule has 3 heterocycles. The standard InChI is InChI=1S/C19H17F3N6O2S/c1-3-12-7-8-13-9-23-27(2)18(13)17(12)26-31(29,30)14-10-24-28(11-14)16-6-4-5-15(25-16)19(20,21)22/h4-11,26H,3H2,1-2H3. The van der Waals surface area contributed by atoms with Gasteiger partial charge in [-0.1, -0.05) is 25.1 Å². The molecule has 1 N–H and O–H groups in total. The van der Waals surface area contributed by atoms with Crippen molar-refractivity contribution in [3.8, 4) is 5.82 Å². The fraction of sp³-hybridized carbons (Fsp3) is 0.211. The average Bonchev–Trinajstić information content (AvgIpc) is 3.36. The summed E-state index contributed by atoms with van der Waals surface area (Å²) in [5, 5.41) is 8.82. The number of anilines is 1. The van der Waals surface area contributed by atoms with Gasteiger partial charge in [-0.25, -0.2) is 18.1 Å². The van der Waals surface area contributed by atoms with E-state index in [1.54, 1.807) is 17.9 Å². The molecule has 0 fully saturated rings. The lowest BCUT2D eigenvalue weighted by Crippen LogP contribution is -2.15. The largest absolute Gasteiger partial charge is 0.433 e. The minimum absolute atomic E-state index is 0.153. The number of aryl methyl sites for hydroxylation is 2. The van der Waals surface area contributed by atoms with Gasteiger partial charge >= 0.3 is 6.18 Å². The Kier molecular flexibility index (Phi) is 4.96. The van der Waals surface area contributed by atoms with Crippen LogP contribution in [0, 0.1) is 0 Å². The summed E-state index contributed by atoms with van der Waals surface area (Å²) in [4.78, 5) is 3.30. The summed E-state index contributed by atoms with van der Waals surface area (Å²) in [6.07, 6.45) is -0.257. The van der Waals surface area contributed by atoms with Crippen molar-refractivity contribution in [1.29, 1.82) is 0 Å². The molecule has 0 amide bonds. The zero-order valence-corrected chi connectivity index (χ0v) is 17.2. The Hall–Kier alpha value is -3.41. The van der Waals surface area contributed by atoms with Crippen LogP contribution in [0.1, 0.15) is 18.2 Å².